The van der Waals surface area contributed by atoms with Gasteiger partial charge in [0, 0.05) is 0 Å². The van der Waals surface area contributed by atoms with Gasteiger partial charge in [0.1, 0.15) is 15.9 Å². The number of hydrogen-bond acceptors (Lipinski definition) is 4. The van der Waals surface area contributed by atoms with E-state index in [0.29, 0.717) is 0 Å². The van der Waals surface area contributed by atoms with Crippen molar-refractivity contribution < 1.29 is 4.21 Å². The van der Waals surface area contributed by atoms with Gasteiger partial charge in [0.15, 0.2) is 0 Å². The van der Waals surface area contributed by atoms with E-state index in [0.717, 1.165) is 15.4 Å². The molecule has 0 aliphatic heterocycles. The molecule has 3 rings (SSSR count). The van der Waals surface area contributed by atoms with Gasteiger partial charge in [-0.2, -0.15) is 0 Å². The monoisotopic (exact) mass is 489 g/mol. The van der Waals surface area contributed by atoms with Crippen LogP contribution in [0.2, 0.25) is 0 Å². The van der Waals surface area contributed by atoms with Gasteiger partial charge in [-0.25, -0.2) is 8.57 Å². The van der Waals surface area contributed by atoms with Crippen molar-refractivity contribution in [2.75, 3.05) is 35.2 Å². The Morgan fingerprint density at radius 3 is 1.33 bits per heavy atom. The Hall–Kier alpha value is -1.99. The summed E-state index contributed by atoms with van der Waals surface area (Å²) in [4.78, 5) is 5.44. The van der Waals surface area contributed by atoms with Crippen molar-refractivity contribution in [1.82, 2.24) is 9.80 Å². The summed E-state index contributed by atoms with van der Waals surface area (Å²) in [6, 6.07) is 29.0. The zero-order chi connectivity index (χ0) is 21.3. The highest BCUT2D eigenvalue weighted by Crippen LogP contribution is 2.29. The van der Waals surface area contributed by atoms with Crippen LogP contribution in [-0.4, -0.2) is 49.2 Å². The molecular weight excluding hydrogens is 458 g/mol. The summed E-state index contributed by atoms with van der Waals surface area (Å²) in [6.07, 6.45) is -0.297. The molecule has 1 atom stereocenters. The van der Waals surface area contributed by atoms with E-state index in [2.05, 4.69) is 0 Å². The number of halogens is 1. The van der Waals surface area contributed by atoms with Gasteiger partial charge in [0.05, 0.1) is 9.79 Å². The SMILES string of the molecule is Br.CN(C)C.CN(C)C(N=S(=O)(c1ccccc1)c1ccccc1)c1ccccc1. The maximum absolute atomic E-state index is 14.1. The Labute approximate surface area is 192 Å². The summed E-state index contributed by atoms with van der Waals surface area (Å²) < 4.78 is 19.0. The van der Waals surface area contributed by atoms with Crippen molar-refractivity contribution in [1.29, 1.82) is 0 Å². The first-order valence-corrected chi connectivity index (χ1v) is 11.0. The van der Waals surface area contributed by atoms with E-state index in [1.807, 2.05) is 136 Å². The fourth-order valence-electron chi connectivity index (χ4n) is 2.69. The third-order valence-electron chi connectivity index (χ3n) is 3.96. The molecule has 0 aliphatic carbocycles. The van der Waals surface area contributed by atoms with Crippen molar-refractivity contribution in [3.05, 3.63) is 96.6 Å². The predicted molar refractivity (Wildman–Crippen MR) is 133 cm³/mol. The van der Waals surface area contributed by atoms with Crippen LogP contribution in [-0.2, 0) is 9.73 Å². The Morgan fingerprint density at radius 1 is 0.667 bits per heavy atom. The van der Waals surface area contributed by atoms with Crippen molar-refractivity contribution >= 4 is 26.7 Å². The highest BCUT2D eigenvalue weighted by molar-refractivity contribution is 8.93. The summed E-state index contributed by atoms with van der Waals surface area (Å²) in [5.41, 5.74) is 1.02. The third kappa shape index (κ3) is 7.36. The molecule has 0 aromatic heterocycles. The third-order valence-corrected chi connectivity index (χ3v) is 6.28. The minimum atomic E-state index is -2.76. The summed E-state index contributed by atoms with van der Waals surface area (Å²) in [5.74, 6) is 0. The quantitative estimate of drug-likeness (QED) is 0.468. The minimum Gasteiger partial charge on any atom is -0.312 e. The normalized spacial score (nSPS) is 11.8. The Morgan fingerprint density at radius 2 is 1.00 bits per heavy atom. The first-order chi connectivity index (χ1) is 13.8. The maximum atomic E-state index is 14.1. The molecule has 6 heteroatoms. The molecule has 3 aromatic rings. The van der Waals surface area contributed by atoms with Crippen LogP contribution < -0.4 is 0 Å². The standard InChI is InChI=1S/C21H22N2OS.C3H9N.BrH/c1-23(2)21(18-12-6-3-7-13-18)22-25(24,19-14-8-4-9-15-19)20-16-10-5-11-17-20;1-4(2)3;/h3-17,21H,1-2H3;1-3H3;1H. The van der Waals surface area contributed by atoms with Gasteiger partial charge in [-0.1, -0.05) is 66.7 Å². The molecule has 0 heterocycles. The molecule has 162 valence electrons. The molecule has 30 heavy (non-hydrogen) atoms. The lowest BCUT2D eigenvalue weighted by Gasteiger charge is -2.23. The van der Waals surface area contributed by atoms with Crippen LogP contribution >= 0.6 is 17.0 Å². The molecule has 4 nitrogen and oxygen atoms in total. The van der Waals surface area contributed by atoms with Crippen LogP contribution in [0.5, 0.6) is 0 Å². The first kappa shape index (κ1) is 26.0. The molecule has 0 spiro atoms. The molecule has 0 N–H and O–H groups in total. The Kier molecular flexibility index (Phi) is 11.0. The minimum absolute atomic E-state index is 0. The van der Waals surface area contributed by atoms with Crippen LogP contribution in [0.3, 0.4) is 0 Å². The number of hydrogen-bond donors (Lipinski definition) is 0. The lowest BCUT2D eigenvalue weighted by atomic mass is 10.2. The highest BCUT2D eigenvalue weighted by atomic mass is 79.9. The summed E-state index contributed by atoms with van der Waals surface area (Å²) >= 11 is 0. The smallest absolute Gasteiger partial charge is 0.137 e. The first-order valence-electron chi connectivity index (χ1n) is 9.53. The molecule has 0 saturated carbocycles. The van der Waals surface area contributed by atoms with Crippen LogP contribution in [0, 0.1) is 0 Å². The molecule has 0 radical (unpaired) electrons. The van der Waals surface area contributed by atoms with Crippen molar-refractivity contribution in [3.63, 3.8) is 0 Å². The zero-order valence-corrected chi connectivity index (χ0v) is 20.8. The van der Waals surface area contributed by atoms with Crippen LogP contribution in [0.25, 0.3) is 0 Å². The Bertz CT molecular complexity index is 923. The van der Waals surface area contributed by atoms with Gasteiger partial charge in [-0.3, -0.25) is 4.90 Å². The molecule has 0 fully saturated rings. The molecule has 0 saturated heterocycles. The molecular formula is C24H32BrN3OS. The zero-order valence-electron chi connectivity index (χ0n) is 18.3. The van der Waals surface area contributed by atoms with E-state index in [9.17, 15) is 4.21 Å². The largest absolute Gasteiger partial charge is 0.312 e. The van der Waals surface area contributed by atoms with E-state index < -0.39 is 9.73 Å². The molecule has 1 unspecified atom stereocenters. The van der Waals surface area contributed by atoms with E-state index in [1.54, 1.807) is 0 Å². The number of rotatable bonds is 5. The fourth-order valence-corrected chi connectivity index (χ4v) is 4.85. The maximum Gasteiger partial charge on any atom is 0.137 e. The van der Waals surface area contributed by atoms with Crippen LogP contribution in [0.4, 0.5) is 0 Å². The van der Waals surface area contributed by atoms with E-state index >= 15 is 0 Å². The van der Waals surface area contributed by atoms with E-state index in [4.69, 9.17) is 4.36 Å². The summed E-state index contributed by atoms with van der Waals surface area (Å²) in [7, 11) is 7.16. The number of nitrogens with zero attached hydrogens (tertiary/aromatic N) is 3. The van der Waals surface area contributed by atoms with Gasteiger partial charge in [0.2, 0.25) is 0 Å². The van der Waals surface area contributed by atoms with Crippen molar-refractivity contribution in [2.24, 2.45) is 4.36 Å². The summed E-state index contributed by atoms with van der Waals surface area (Å²) in [5, 5.41) is 0. The second kappa shape index (κ2) is 12.6. The highest BCUT2D eigenvalue weighted by Gasteiger charge is 2.21. The van der Waals surface area contributed by atoms with E-state index in [-0.39, 0.29) is 23.1 Å². The van der Waals surface area contributed by atoms with Gasteiger partial charge in [0.25, 0.3) is 0 Å². The van der Waals surface area contributed by atoms with Crippen LogP contribution in [0.1, 0.15) is 11.7 Å². The van der Waals surface area contributed by atoms with Gasteiger partial charge < -0.3 is 4.90 Å². The van der Waals surface area contributed by atoms with Gasteiger partial charge in [-0.15, -0.1) is 17.0 Å². The lowest BCUT2D eigenvalue weighted by Crippen LogP contribution is -2.20. The summed E-state index contributed by atoms with van der Waals surface area (Å²) in [6.45, 7) is 0. The second-order valence-corrected chi connectivity index (χ2v) is 9.55. The predicted octanol–water partition coefficient (Wildman–Crippen LogP) is 5.59. The van der Waals surface area contributed by atoms with Crippen LogP contribution in [0.15, 0.2) is 105 Å². The molecule has 0 amide bonds. The average Bonchev–Trinajstić information content (AvgIpc) is 2.73. The van der Waals surface area contributed by atoms with Gasteiger partial charge >= 0.3 is 0 Å². The molecule has 0 aliphatic rings. The second-order valence-electron chi connectivity index (χ2n) is 7.35. The van der Waals surface area contributed by atoms with Crippen molar-refractivity contribution in [3.8, 4) is 0 Å². The lowest BCUT2D eigenvalue weighted by molar-refractivity contribution is 0.311. The fraction of sp³-hybridized carbons (Fsp3) is 0.250. The molecule has 3 aromatic carbocycles. The Balaban J connectivity index is 0.000000827. The topological polar surface area (TPSA) is 35.9 Å². The number of benzene rings is 3. The van der Waals surface area contributed by atoms with Gasteiger partial charge in [-0.05, 0) is 65.1 Å². The average molecular weight is 491 g/mol. The molecule has 0 bridgehead atoms. The van der Waals surface area contributed by atoms with Crippen molar-refractivity contribution in [2.45, 2.75) is 16.0 Å². The van der Waals surface area contributed by atoms with E-state index in [1.165, 1.54) is 0 Å².